The van der Waals surface area contributed by atoms with E-state index in [0.29, 0.717) is 6.42 Å². The molecular weight excluding hydrogens is 424 g/mol. The van der Waals surface area contributed by atoms with Gasteiger partial charge in [-0.2, -0.15) is 13.9 Å². The van der Waals surface area contributed by atoms with Crippen LogP contribution in [-0.4, -0.2) is 22.2 Å². The number of halogens is 2. The number of hydrogen-bond donors (Lipinski definition) is 1. The van der Waals surface area contributed by atoms with Gasteiger partial charge in [-0.05, 0) is 48.6 Å². The minimum atomic E-state index is -2.89. The molecule has 2 aromatic carbocycles. The van der Waals surface area contributed by atoms with Crippen LogP contribution in [0.5, 0.6) is 5.75 Å². The van der Waals surface area contributed by atoms with Gasteiger partial charge in [0.25, 0.3) is 0 Å². The molecule has 0 unspecified atom stereocenters. The lowest BCUT2D eigenvalue weighted by molar-refractivity contribution is -0.118. The van der Waals surface area contributed by atoms with Crippen LogP contribution in [0.3, 0.4) is 0 Å². The predicted octanol–water partition coefficient (Wildman–Crippen LogP) is 5.98. The minimum Gasteiger partial charge on any atom is -0.435 e. The molecule has 0 saturated carbocycles. The lowest BCUT2D eigenvalue weighted by atomic mass is 9.69. The normalized spacial score (nSPS) is 19.2. The van der Waals surface area contributed by atoms with E-state index in [-0.39, 0.29) is 22.9 Å². The highest BCUT2D eigenvalue weighted by Crippen LogP contribution is 2.50. The Balaban J connectivity index is 1.69. The van der Waals surface area contributed by atoms with Crippen molar-refractivity contribution in [1.82, 2.24) is 9.78 Å². The maximum Gasteiger partial charge on any atom is 0.387 e. The van der Waals surface area contributed by atoms with Crippen LogP contribution in [0.25, 0.3) is 5.69 Å². The topological polar surface area (TPSA) is 56.2 Å². The molecule has 5 nitrogen and oxygen atoms in total. The number of rotatable bonds is 4. The van der Waals surface area contributed by atoms with Gasteiger partial charge in [0.15, 0.2) is 5.78 Å². The number of ketones is 1. The van der Waals surface area contributed by atoms with Crippen LogP contribution in [0.2, 0.25) is 0 Å². The summed E-state index contributed by atoms with van der Waals surface area (Å²) in [6, 6.07) is 16.4. The van der Waals surface area contributed by atoms with Crippen molar-refractivity contribution in [3.05, 3.63) is 82.7 Å². The third kappa shape index (κ3) is 3.81. The summed E-state index contributed by atoms with van der Waals surface area (Å²) in [5.41, 5.74) is 4.97. The van der Waals surface area contributed by atoms with E-state index >= 15 is 0 Å². The molecule has 0 bridgehead atoms. The van der Waals surface area contributed by atoms with Crippen LogP contribution >= 0.6 is 0 Å². The molecule has 0 radical (unpaired) electrons. The number of ether oxygens (including phenoxy) is 1. The molecule has 0 saturated heterocycles. The molecule has 0 spiro atoms. The summed E-state index contributed by atoms with van der Waals surface area (Å²) in [5, 5.41) is 8.35. The Kier molecular flexibility index (Phi) is 5.07. The van der Waals surface area contributed by atoms with E-state index in [1.165, 1.54) is 12.1 Å². The lowest BCUT2D eigenvalue weighted by Crippen LogP contribution is -2.34. The summed E-state index contributed by atoms with van der Waals surface area (Å²) in [4.78, 5) is 13.4. The monoisotopic (exact) mass is 449 g/mol. The van der Waals surface area contributed by atoms with Gasteiger partial charge in [-0.3, -0.25) is 4.79 Å². The number of para-hydroxylation sites is 1. The maximum atomic E-state index is 13.4. The van der Waals surface area contributed by atoms with Crippen molar-refractivity contribution >= 4 is 11.6 Å². The Labute approximate surface area is 191 Å². The highest BCUT2D eigenvalue weighted by atomic mass is 19.3. The fraction of sp³-hybridized carbons (Fsp3) is 0.308. The van der Waals surface area contributed by atoms with Crippen LogP contribution in [0.4, 0.5) is 14.6 Å². The number of alkyl halides is 2. The molecule has 1 aliphatic carbocycles. The Bertz CT molecular complexity index is 1240. The SMILES string of the molecule is Cc1nn(-c2ccccc2)c2c1[C@@H](c1ccc(OC(F)F)cc1)C1=C(CC(C)(C)CC1=O)N2. The number of hydrogen-bond acceptors (Lipinski definition) is 4. The fourth-order valence-electron chi connectivity index (χ4n) is 5.00. The largest absolute Gasteiger partial charge is 0.435 e. The maximum absolute atomic E-state index is 13.4. The molecule has 7 heteroatoms. The van der Waals surface area contributed by atoms with Crippen LogP contribution < -0.4 is 10.1 Å². The van der Waals surface area contributed by atoms with Gasteiger partial charge in [0, 0.05) is 29.2 Å². The van der Waals surface area contributed by atoms with Crippen molar-refractivity contribution in [3.63, 3.8) is 0 Å². The zero-order valence-corrected chi connectivity index (χ0v) is 18.7. The average molecular weight is 450 g/mol. The highest BCUT2D eigenvalue weighted by molar-refractivity contribution is 6.01. The summed E-state index contributed by atoms with van der Waals surface area (Å²) in [5.74, 6) is 0.688. The standard InChI is InChI=1S/C26H25F2N3O2/c1-15-21-22(16-9-11-18(12-10-16)33-25(27)28)23-19(13-26(2,3)14-20(23)32)29-24(21)31(30-15)17-7-5-4-6-8-17/h4-12,22,25,29H,13-14H2,1-3H3/t22-/m1/s1. The second-order valence-electron chi connectivity index (χ2n) is 9.43. The molecule has 1 aromatic heterocycles. The number of allylic oxidation sites excluding steroid dienone is 2. The number of fused-ring (bicyclic) bond motifs is 1. The van der Waals surface area contributed by atoms with E-state index in [1.54, 1.807) is 12.1 Å². The van der Waals surface area contributed by atoms with E-state index in [1.807, 2.05) is 41.9 Å². The number of aryl methyl sites for hydroxylation is 1. The number of nitrogens with one attached hydrogen (secondary N) is 1. The van der Waals surface area contributed by atoms with E-state index in [9.17, 15) is 13.6 Å². The van der Waals surface area contributed by atoms with Gasteiger partial charge in [0.2, 0.25) is 0 Å². The molecule has 0 fully saturated rings. The first-order valence-corrected chi connectivity index (χ1v) is 11.0. The average Bonchev–Trinajstić information content (AvgIpc) is 3.08. The van der Waals surface area contributed by atoms with Crippen molar-refractivity contribution in [2.45, 2.75) is 46.1 Å². The number of benzene rings is 2. The zero-order valence-electron chi connectivity index (χ0n) is 18.7. The van der Waals surface area contributed by atoms with Crippen molar-refractivity contribution < 1.29 is 18.3 Å². The summed E-state index contributed by atoms with van der Waals surface area (Å²) in [6.07, 6.45) is 1.19. The van der Waals surface area contributed by atoms with Crippen molar-refractivity contribution in [3.8, 4) is 11.4 Å². The quantitative estimate of drug-likeness (QED) is 0.532. The predicted molar refractivity (Wildman–Crippen MR) is 122 cm³/mol. The second kappa shape index (κ2) is 7.83. The number of nitrogens with zero attached hydrogens (tertiary/aromatic N) is 2. The van der Waals surface area contributed by atoms with Crippen LogP contribution in [0, 0.1) is 12.3 Å². The number of carbonyl (C=O) groups is 1. The van der Waals surface area contributed by atoms with Gasteiger partial charge in [0.05, 0.1) is 11.4 Å². The molecule has 0 amide bonds. The van der Waals surface area contributed by atoms with Crippen molar-refractivity contribution in [2.24, 2.45) is 5.41 Å². The number of carbonyl (C=O) groups excluding carboxylic acids is 1. The molecular formula is C26H25F2N3O2. The molecule has 3 aromatic rings. The van der Waals surface area contributed by atoms with Gasteiger partial charge in [-0.25, -0.2) is 4.68 Å². The molecule has 1 aliphatic heterocycles. The van der Waals surface area contributed by atoms with Gasteiger partial charge in [-0.15, -0.1) is 0 Å². The summed E-state index contributed by atoms with van der Waals surface area (Å²) < 4.78 is 31.7. The molecule has 1 N–H and O–H groups in total. The Morgan fingerprint density at radius 2 is 1.79 bits per heavy atom. The Morgan fingerprint density at radius 1 is 1.09 bits per heavy atom. The van der Waals surface area contributed by atoms with Crippen molar-refractivity contribution in [1.29, 1.82) is 0 Å². The molecule has 170 valence electrons. The lowest BCUT2D eigenvalue weighted by Gasteiger charge is -2.38. The molecule has 2 heterocycles. The first kappa shape index (κ1) is 21.4. The Hall–Kier alpha value is -3.48. The third-order valence-electron chi connectivity index (χ3n) is 6.31. The highest BCUT2D eigenvalue weighted by Gasteiger charge is 2.43. The first-order chi connectivity index (χ1) is 15.7. The molecule has 1 atom stereocenters. The summed E-state index contributed by atoms with van der Waals surface area (Å²) in [7, 11) is 0. The molecule has 33 heavy (non-hydrogen) atoms. The summed E-state index contributed by atoms with van der Waals surface area (Å²) in [6.45, 7) is 3.24. The third-order valence-corrected chi connectivity index (χ3v) is 6.31. The van der Waals surface area contributed by atoms with Crippen LogP contribution in [0.1, 0.15) is 49.4 Å². The fourth-order valence-corrected chi connectivity index (χ4v) is 5.00. The number of anilines is 1. The Morgan fingerprint density at radius 3 is 2.45 bits per heavy atom. The number of aromatic nitrogens is 2. The van der Waals surface area contributed by atoms with E-state index in [2.05, 4.69) is 23.9 Å². The van der Waals surface area contributed by atoms with Gasteiger partial charge in [-0.1, -0.05) is 44.2 Å². The van der Waals surface area contributed by atoms with Gasteiger partial charge >= 0.3 is 6.61 Å². The van der Waals surface area contributed by atoms with E-state index in [0.717, 1.165) is 46.0 Å². The van der Waals surface area contributed by atoms with Crippen LogP contribution in [-0.2, 0) is 4.79 Å². The van der Waals surface area contributed by atoms with E-state index in [4.69, 9.17) is 5.10 Å². The summed E-state index contributed by atoms with van der Waals surface area (Å²) >= 11 is 0. The minimum absolute atomic E-state index is 0.0879. The van der Waals surface area contributed by atoms with Gasteiger partial charge in [0.1, 0.15) is 11.6 Å². The molecule has 2 aliphatic rings. The second-order valence-corrected chi connectivity index (χ2v) is 9.43. The first-order valence-electron chi connectivity index (χ1n) is 11.0. The molecule has 5 rings (SSSR count). The van der Waals surface area contributed by atoms with Gasteiger partial charge < -0.3 is 10.1 Å². The van der Waals surface area contributed by atoms with Crippen LogP contribution in [0.15, 0.2) is 65.9 Å². The van der Waals surface area contributed by atoms with E-state index < -0.39 is 6.61 Å². The number of Topliss-reactive ketones (excluding diaryl/α,β-unsaturated/α-hetero) is 1. The smallest absolute Gasteiger partial charge is 0.387 e. The van der Waals surface area contributed by atoms with Crippen molar-refractivity contribution in [2.75, 3.05) is 5.32 Å². The zero-order chi connectivity index (χ0) is 23.3.